The molecule has 4 N–H and O–H groups in total. The van der Waals surface area contributed by atoms with Crippen molar-refractivity contribution in [1.82, 2.24) is 0 Å². The van der Waals surface area contributed by atoms with Gasteiger partial charge in [0, 0.05) is 12.2 Å². The summed E-state index contributed by atoms with van der Waals surface area (Å²) >= 11 is 0. The highest BCUT2D eigenvalue weighted by molar-refractivity contribution is 5.96. The second kappa shape index (κ2) is 5.89. The molecule has 0 aromatic heterocycles. The van der Waals surface area contributed by atoms with E-state index in [1.807, 2.05) is 0 Å². The normalized spacial score (nSPS) is 13.1. The van der Waals surface area contributed by atoms with Gasteiger partial charge >= 0.3 is 12.1 Å². The highest BCUT2D eigenvalue weighted by atomic mass is 19.4. The summed E-state index contributed by atoms with van der Waals surface area (Å²) in [5, 5.41) is 28.9. The summed E-state index contributed by atoms with van der Waals surface area (Å²) in [7, 11) is 0. The van der Waals surface area contributed by atoms with Crippen molar-refractivity contribution in [2.45, 2.75) is 12.3 Å². The van der Waals surface area contributed by atoms with E-state index in [0.717, 1.165) is 12.1 Å². The SMILES string of the molecule is O=C(O)c1c(NCC(O)CO)cccc1C(F)(F)F. The standard InChI is InChI=1S/C11H12F3NO4/c12-11(13,14)7-2-1-3-8(9(7)10(18)19)15-4-6(17)5-16/h1-3,6,15-17H,4-5H2,(H,18,19). The number of aliphatic hydroxyl groups excluding tert-OH is 2. The number of hydrogen-bond donors (Lipinski definition) is 4. The number of carboxylic acids is 1. The number of carbonyl (C=O) groups is 1. The summed E-state index contributed by atoms with van der Waals surface area (Å²) < 4.78 is 38.0. The number of rotatable bonds is 5. The quantitative estimate of drug-likeness (QED) is 0.649. The largest absolute Gasteiger partial charge is 0.478 e. The zero-order valence-electron chi connectivity index (χ0n) is 9.61. The zero-order chi connectivity index (χ0) is 14.6. The zero-order valence-corrected chi connectivity index (χ0v) is 9.61. The lowest BCUT2D eigenvalue weighted by Crippen LogP contribution is -2.24. The first-order valence-corrected chi connectivity index (χ1v) is 5.23. The third-order valence-electron chi connectivity index (χ3n) is 2.32. The number of alkyl halides is 3. The lowest BCUT2D eigenvalue weighted by Gasteiger charge is -2.16. The van der Waals surface area contributed by atoms with Crippen LogP contribution < -0.4 is 5.32 Å². The molecule has 0 aliphatic rings. The van der Waals surface area contributed by atoms with Crippen LogP contribution in [-0.4, -0.2) is 40.5 Å². The van der Waals surface area contributed by atoms with Gasteiger partial charge in [-0.3, -0.25) is 0 Å². The minimum absolute atomic E-state index is 0.266. The molecule has 0 bridgehead atoms. The van der Waals surface area contributed by atoms with E-state index in [1.54, 1.807) is 0 Å². The number of anilines is 1. The minimum Gasteiger partial charge on any atom is -0.478 e. The van der Waals surface area contributed by atoms with Crippen LogP contribution in [0.1, 0.15) is 15.9 Å². The Labute approximate surface area is 106 Å². The van der Waals surface area contributed by atoms with Crippen LogP contribution in [0.5, 0.6) is 0 Å². The maximum atomic E-state index is 12.7. The van der Waals surface area contributed by atoms with Gasteiger partial charge in [-0.2, -0.15) is 13.2 Å². The molecule has 106 valence electrons. The topological polar surface area (TPSA) is 89.8 Å². The minimum atomic E-state index is -4.79. The predicted octanol–water partition coefficient (Wildman–Crippen LogP) is 1.17. The summed E-state index contributed by atoms with van der Waals surface area (Å²) in [5.74, 6) is -1.73. The number of hydrogen-bond acceptors (Lipinski definition) is 4. The van der Waals surface area contributed by atoms with Crippen LogP contribution in [0, 0.1) is 0 Å². The lowest BCUT2D eigenvalue weighted by molar-refractivity contribution is -0.138. The third-order valence-corrected chi connectivity index (χ3v) is 2.32. The molecule has 0 amide bonds. The van der Waals surface area contributed by atoms with E-state index in [-0.39, 0.29) is 12.2 Å². The average Bonchev–Trinajstić information content (AvgIpc) is 2.34. The monoisotopic (exact) mass is 279 g/mol. The van der Waals surface area contributed by atoms with Crippen LogP contribution in [-0.2, 0) is 6.18 Å². The smallest absolute Gasteiger partial charge is 0.417 e. The van der Waals surface area contributed by atoms with Crippen molar-refractivity contribution in [3.05, 3.63) is 29.3 Å². The van der Waals surface area contributed by atoms with Crippen LogP contribution in [0.4, 0.5) is 18.9 Å². The fraction of sp³-hybridized carbons (Fsp3) is 0.364. The van der Waals surface area contributed by atoms with Crippen molar-refractivity contribution in [3.8, 4) is 0 Å². The Hall–Kier alpha value is -1.80. The van der Waals surface area contributed by atoms with Crippen LogP contribution in [0.3, 0.4) is 0 Å². The molecule has 1 aromatic carbocycles. The molecule has 0 aliphatic carbocycles. The Bertz CT molecular complexity index is 462. The summed E-state index contributed by atoms with van der Waals surface area (Å²) in [5.41, 5.74) is -2.46. The van der Waals surface area contributed by atoms with Crippen LogP contribution in [0.2, 0.25) is 0 Å². The summed E-state index contributed by atoms with van der Waals surface area (Å²) in [6.45, 7) is -0.855. The van der Waals surface area contributed by atoms with Crippen molar-refractivity contribution in [3.63, 3.8) is 0 Å². The maximum absolute atomic E-state index is 12.7. The van der Waals surface area contributed by atoms with Gasteiger partial charge in [0.25, 0.3) is 0 Å². The van der Waals surface area contributed by atoms with Crippen LogP contribution >= 0.6 is 0 Å². The molecule has 5 nitrogen and oxygen atoms in total. The van der Waals surface area contributed by atoms with Gasteiger partial charge in [-0.15, -0.1) is 0 Å². The van der Waals surface area contributed by atoms with Crippen molar-refractivity contribution in [1.29, 1.82) is 0 Å². The molecule has 1 aromatic rings. The number of halogens is 3. The van der Waals surface area contributed by atoms with E-state index in [9.17, 15) is 18.0 Å². The van der Waals surface area contributed by atoms with Crippen LogP contribution in [0.25, 0.3) is 0 Å². The van der Waals surface area contributed by atoms with Gasteiger partial charge in [-0.1, -0.05) is 6.07 Å². The molecular weight excluding hydrogens is 267 g/mol. The first-order chi connectivity index (χ1) is 8.77. The molecule has 1 unspecified atom stereocenters. The van der Waals surface area contributed by atoms with Gasteiger partial charge in [-0.25, -0.2) is 4.79 Å². The van der Waals surface area contributed by atoms with Gasteiger partial charge in [0.2, 0.25) is 0 Å². The van der Waals surface area contributed by atoms with Gasteiger partial charge in [0.15, 0.2) is 0 Å². The van der Waals surface area contributed by atoms with E-state index in [1.165, 1.54) is 0 Å². The van der Waals surface area contributed by atoms with Crippen molar-refractivity contribution in [2.75, 3.05) is 18.5 Å². The van der Waals surface area contributed by atoms with E-state index in [0.29, 0.717) is 6.07 Å². The van der Waals surface area contributed by atoms with Crippen molar-refractivity contribution >= 4 is 11.7 Å². The lowest BCUT2D eigenvalue weighted by atomic mass is 10.0. The third kappa shape index (κ3) is 3.83. The summed E-state index contributed by atoms with van der Waals surface area (Å²) in [6, 6.07) is 2.88. The number of aliphatic hydroxyl groups is 2. The summed E-state index contributed by atoms with van der Waals surface area (Å²) in [4.78, 5) is 11.0. The van der Waals surface area contributed by atoms with E-state index in [4.69, 9.17) is 15.3 Å². The fourth-order valence-corrected chi connectivity index (χ4v) is 1.46. The molecule has 0 fully saturated rings. The Balaban J connectivity index is 3.14. The first-order valence-electron chi connectivity index (χ1n) is 5.23. The molecule has 19 heavy (non-hydrogen) atoms. The van der Waals surface area contributed by atoms with Gasteiger partial charge in [-0.05, 0) is 12.1 Å². The molecular formula is C11H12F3NO4. The Morgan fingerprint density at radius 3 is 2.47 bits per heavy atom. The Morgan fingerprint density at radius 1 is 1.37 bits per heavy atom. The molecule has 1 atom stereocenters. The fourth-order valence-electron chi connectivity index (χ4n) is 1.46. The second-order valence-corrected chi connectivity index (χ2v) is 3.75. The molecule has 0 heterocycles. The molecule has 0 spiro atoms. The second-order valence-electron chi connectivity index (χ2n) is 3.75. The Morgan fingerprint density at radius 2 is 2.00 bits per heavy atom. The van der Waals surface area contributed by atoms with Gasteiger partial charge in [0.1, 0.15) is 0 Å². The first kappa shape index (κ1) is 15.3. The molecule has 1 rings (SSSR count). The van der Waals surface area contributed by atoms with Crippen molar-refractivity contribution in [2.24, 2.45) is 0 Å². The van der Waals surface area contributed by atoms with Crippen molar-refractivity contribution < 1.29 is 33.3 Å². The van der Waals surface area contributed by atoms with E-state index in [2.05, 4.69) is 5.32 Å². The highest BCUT2D eigenvalue weighted by Crippen LogP contribution is 2.35. The number of nitrogens with one attached hydrogen (secondary N) is 1. The van der Waals surface area contributed by atoms with Crippen LogP contribution in [0.15, 0.2) is 18.2 Å². The van der Waals surface area contributed by atoms with E-state index >= 15 is 0 Å². The Kier molecular flexibility index (Phi) is 4.73. The molecule has 0 radical (unpaired) electrons. The predicted molar refractivity (Wildman–Crippen MR) is 60.0 cm³/mol. The highest BCUT2D eigenvalue weighted by Gasteiger charge is 2.36. The molecule has 0 saturated carbocycles. The maximum Gasteiger partial charge on any atom is 0.417 e. The number of carboxylic acid groups (broad SMARTS) is 1. The number of benzene rings is 1. The molecule has 8 heteroatoms. The van der Waals surface area contributed by atoms with Gasteiger partial charge < -0.3 is 20.6 Å². The average molecular weight is 279 g/mol. The van der Waals surface area contributed by atoms with Gasteiger partial charge in [0.05, 0.1) is 23.8 Å². The number of aromatic carboxylic acids is 1. The van der Waals surface area contributed by atoms with E-state index < -0.39 is 36.0 Å². The molecule has 0 aliphatic heterocycles. The molecule has 0 saturated heterocycles. The summed E-state index contributed by atoms with van der Waals surface area (Å²) in [6.07, 6.45) is -5.99.